The van der Waals surface area contributed by atoms with Gasteiger partial charge in [0.2, 0.25) is 0 Å². The van der Waals surface area contributed by atoms with Gasteiger partial charge >= 0.3 is 18.1 Å². The number of methoxy groups -OCH3 is 1. The van der Waals surface area contributed by atoms with E-state index in [-0.39, 0.29) is 34.9 Å². The molecular weight excluding hydrogens is 457 g/mol. The van der Waals surface area contributed by atoms with Crippen LogP contribution in [0.3, 0.4) is 0 Å². The predicted octanol–water partition coefficient (Wildman–Crippen LogP) is 4.15. The molecule has 0 spiro atoms. The number of anilines is 1. The normalized spacial score (nSPS) is 14.8. The molecule has 11 heteroatoms. The van der Waals surface area contributed by atoms with E-state index in [0.717, 1.165) is 6.08 Å². The average molecular weight is 476 g/mol. The molecule has 8 nitrogen and oxygen atoms in total. The molecule has 0 aliphatic carbocycles. The molecule has 0 atom stereocenters. The van der Waals surface area contributed by atoms with Crippen LogP contribution in [-0.4, -0.2) is 43.5 Å². The fourth-order valence-electron chi connectivity index (χ4n) is 3.06. The van der Waals surface area contributed by atoms with Gasteiger partial charge in [0.05, 0.1) is 30.5 Å². The number of carbonyl (C=O) groups excluding carboxylic acids is 3. The Bertz CT molecular complexity index is 1190. The van der Waals surface area contributed by atoms with Gasteiger partial charge in [-0.1, -0.05) is 6.07 Å². The SMILES string of the molecule is CCOC(=O)c1ccc(N2N=C(C(F)(F)F)/C(=C/c3ccc(OC(C)=O)c(OC)c3)C2=O)cc1. The molecule has 178 valence electrons. The molecule has 0 unspecified atom stereocenters. The second kappa shape index (κ2) is 9.77. The first-order valence-electron chi connectivity index (χ1n) is 9.91. The van der Waals surface area contributed by atoms with E-state index in [2.05, 4.69) is 5.10 Å². The maximum absolute atomic E-state index is 13.7. The number of ether oxygens (including phenoxy) is 3. The molecule has 2 aromatic rings. The topological polar surface area (TPSA) is 94.5 Å². The summed E-state index contributed by atoms with van der Waals surface area (Å²) in [4.78, 5) is 35.9. The summed E-state index contributed by atoms with van der Waals surface area (Å²) in [6, 6.07) is 9.26. The Labute approximate surface area is 192 Å². The summed E-state index contributed by atoms with van der Waals surface area (Å²) in [5.41, 5.74) is -1.68. The Kier molecular flexibility index (Phi) is 7.04. The van der Waals surface area contributed by atoms with E-state index in [1.807, 2.05) is 0 Å². The highest BCUT2D eigenvalue weighted by molar-refractivity contribution is 6.34. The minimum absolute atomic E-state index is 0.0333. The van der Waals surface area contributed by atoms with Gasteiger partial charge in [0.1, 0.15) is 0 Å². The van der Waals surface area contributed by atoms with Gasteiger partial charge in [-0.05, 0) is 55.0 Å². The van der Waals surface area contributed by atoms with Crippen LogP contribution < -0.4 is 14.5 Å². The van der Waals surface area contributed by atoms with Gasteiger partial charge in [0.15, 0.2) is 17.2 Å². The first-order chi connectivity index (χ1) is 16.0. The van der Waals surface area contributed by atoms with Crippen LogP contribution in [0.1, 0.15) is 29.8 Å². The first-order valence-corrected chi connectivity index (χ1v) is 9.91. The van der Waals surface area contributed by atoms with Crippen LogP contribution in [0.15, 0.2) is 53.1 Å². The molecule has 1 amide bonds. The Morgan fingerprint density at radius 2 is 1.76 bits per heavy atom. The number of rotatable bonds is 6. The highest BCUT2D eigenvalue weighted by Crippen LogP contribution is 2.34. The number of alkyl halides is 3. The maximum Gasteiger partial charge on any atom is 0.435 e. The summed E-state index contributed by atoms with van der Waals surface area (Å²) >= 11 is 0. The van der Waals surface area contributed by atoms with E-state index < -0.39 is 35.3 Å². The second-order valence-corrected chi connectivity index (χ2v) is 6.89. The van der Waals surface area contributed by atoms with Crippen LogP contribution in [0.5, 0.6) is 11.5 Å². The summed E-state index contributed by atoms with van der Waals surface area (Å²) in [5.74, 6) is -2.06. The summed E-state index contributed by atoms with van der Waals surface area (Å²) in [5, 5.41) is 4.09. The molecule has 0 radical (unpaired) electrons. The van der Waals surface area contributed by atoms with E-state index in [0.29, 0.717) is 5.01 Å². The van der Waals surface area contributed by atoms with Gasteiger partial charge in [0.25, 0.3) is 5.91 Å². The highest BCUT2D eigenvalue weighted by Gasteiger charge is 2.46. The van der Waals surface area contributed by atoms with Gasteiger partial charge in [0, 0.05) is 6.92 Å². The van der Waals surface area contributed by atoms with Gasteiger partial charge < -0.3 is 14.2 Å². The Hall–Kier alpha value is -4.15. The molecule has 0 saturated heterocycles. The lowest BCUT2D eigenvalue weighted by molar-refractivity contribution is -0.132. The zero-order valence-electron chi connectivity index (χ0n) is 18.3. The number of esters is 2. The zero-order chi connectivity index (χ0) is 25.0. The monoisotopic (exact) mass is 476 g/mol. The van der Waals surface area contributed by atoms with Crippen LogP contribution in [0.2, 0.25) is 0 Å². The van der Waals surface area contributed by atoms with Crippen molar-refractivity contribution in [1.82, 2.24) is 0 Å². The minimum atomic E-state index is -4.91. The molecule has 2 aromatic carbocycles. The number of hydrogen-bond donors (Lipinski definition) is 0. The number of nitrogens with zero attached hydrogens (tertiary/aromatic N) is 2. The fourth-order valence-corrected chi connectivity index (χ4v) is 3.06. The molecule has 0 fully saturated rings. The van der Waals surface area contributed by atoms with Crippen molar-refractivity contribution in [3.05, 3.63) is 59.2 Å². The molecule has 3 rings (SSSR count). The average Bonchev–Trinajstić information content (AvgIpc) is 3.11. The number of hydrazone groups is 1. The third-order valence-electron chi connectivity index (χ3n) is 4.52. The molecule has 1 aliphatic rings. The Morgan fingerprint density at radius 3 is 2.32 bits per heavy atom. The molecule has 1 aliphatic heterocycles. The first kappa shape index (κ1) is 24.5. The van der Waals surface area contributed by atoms with Crippen molar-refractivity contribution in [3.8, 4) is 11.5 Å². The number of halogens is 3. The highest BCUT2D eigenvalue weighted by atomic mass is 19.4. The third-order valence-corrected chi connectivity index (χ3v) is 4.52. The van der Waals surface area contributed by atoms with Crippen LogP contribution in [0.25, 0.3) is 6.08 Å². The summed E-state index contributed by atoms with van der Waals surface area (Å²) in [7, 11) is 1.30. The van der Waals surface area contributed by atoms with Crippen molar-refractivity contribution < 1.29 is 41.8 Å². The lowest BCUT2D eigenvalue weighted by Crippen LogP contribution is -2.25. The zero-order valence-corrected chi connectivity index (χ0v) is 18.3. The van der Waals surface area contributed by atoms with E-state index >= 15 is 0 Å². The maximum atomic E-state index is 13.7. The van der Waals surface area contributed by atoms with E-state index in [1.165, 1.54) is 56.5 Å². The largest absolute Gasteiger partial charge is 0.493 e. The van der Waals surface area contributed by atoms with Gasteiger partial charge in [-0.3, -0.25) is 9.59 Å². The Balaban J connectivity index is 1.98. The second-order valence-electron chi connectivity index (χ2n) is 6.89. The lowest BCUT2D eigenvalue weighted by Gasteiger charge is -2.12. The molecule has 0 N–H and O–H groups in total. The molecule has 1 heterocycles. The summed E-state index contributed by atoms with van der Waals surface area (Å²) in [6.45, 7) is 2.98. The van der Waals surface area contributed by atoms with Gasteiger partial charge in [-0.25, -0.2) is 4.79 Å². The number of benzene rings is 2. The predicted molar refractivity (Wildman–Crippen MR) is 116 cm³/mol. The Morgan fingerprint density at radius 1 is 1.09 bits per heavy atom. The number of hydrogen-bond acceptors (Lipinski definition) is 7. The van der Waals surface area contributed by atoms with Crippen molar-refractivity contribution in [2.45, 2.75) is 20.0 Å². The molecule has 0 saturated carbocycles. The molecule has 34 heavy (non-hydrogen) atoms. The van der Waals surface area contributed by atoms with Crippen molar-refractivity contribution in [2.75, 3.05) is 18.7 Å². The summed E-state index contributed by atoms with van der Waals surface area (Å²) in [6.07, 6.45) is -3.90. The van der Waals surface area contributed by atoms with Crippen LogP contribution in [0.4, 0.5) is 18.9 Å². The van der Waals surface area contributed by atoms with Crippen LogP contribution >= 0.6 is 0 Å². The number of amides is 1. The van der Waals surface area contributed by atoms with Crippen molar-refractivity contribution in [2.24, 2.45) is 5.10 Å². The minimum Gasteiger partial charge on any atom is -0.493 e. The molecule has 0 aromatic heterocycles. The third kappa shape index (κ3) is 5.25. The van der Waals surface area contributed by atoms with E-state index in [4.69, 9.17) is 14.2 Å². The molecular formula is C23H19F3N2O6. The smallest absolute Gasteiger partial charge is 0.435 e. The van der Waals surface area contributed by atoms with Crippen molar-refractivity contribution in [1.29, 1.82) is 0 Å². The van der Waals surface area contributed by atoms with Crippen LogP contribution in [0, 0.1) is 0 Å². The van der Waals surface area contributed by atoms with Gasteiger partial charge in [-0.2, -0.15) is 23.3 Å². The van der Waals surface area contributed by atoms with Crippen LogP contribution in [-0.2, 0) is 14.3 Å². The van der Waals surface area contributed by atoms with Crippen molar-refractivity contribution in [3.63, 3.8) is 0 Å². The fraction of sp³-hybridized carbons (Fsp3) is 0.217. The van der Waals surface area contributed by atoms with Gasteiger partial charge in [-0.15, -0.1) is 0 Å². The quantitative estimate of drug-likeness (QED) is 0.353. The lowest BCUT2D eigenvalue weighted by atomic mass is 10.1. The summed E-state index contributed by atoms with van der Waals surface area (Å²) < 4.78 is 56.0. The van der Waals surface area contributed by atoms with Crippen molar-refractivity contribution >= 4 is 35.3 Å². The standard InChI is InChI=1S/C23H19F3N2O6/c1-4-33-22(31)15-6-8-16(9-7-15)28-21(30)17(20(27-28)23(24,25)26)11-14-5-10-18(34-13(2)29)19(12-14)32-3/h5-12H,4H2,1-3H3/b17-11-. The number of carbonyl (C=O) groups is 3. The molecule has 0 bridgehead atoms. The van der Waals surface area contributed by atoms with E-state index in [9.17, 15) is 27.6 Å². The van der Waals surface area contributed by atoms with E-state index in [1.54, 1.807) is 6.92 Å².